The zero-order valence-corrected chi connectivity index (χ0v) is 16.2. The van der Waals surface area contributed by atoms with Crippen LogP contribution in [0.4, 0.5) is 5.69 Å². The molecule has 1 amide bonds. The van der Waals surface area contributed by atoms with E-state index < -0.39 is 6.10 Å². The molecule has 3 aromatic rings. The van der Waals surface area contributed by atoms with Crippen LogP contribution in [0.2, 0.25) is 0 Å². The normalized spacial score (nSPS) is 11.5. The van der Waals surface area contributed by atoms with Gasteiger partial charge in [0.15, 0.2) is 11.9 Å². The molecule has 0 heterocycles. The van der Waals surface area contributed by atoms with Gasteiger partial charge in [-0.25, -0.2) is 0 Å². The van der Waals surface area contributed by atoms with Crippen LogP contribution in [-0.4, -0.2) is 17.8 Å². The first-order valence-corrected chi connectivity index (χ1v) is 9.20. The van der Waals surface area contributed by atoms with Crippen LogP contribution in [0.5, 0.6) is 5.75 Å². The Hall–Kier alpha value is -3.40. The number of benzene rings is 3. The number of carbonyl (C=O) groups is 2. The van der Waals surface area contributed by atoms with E-state index in [1.807, 2.05) is 50.2 Å². The van der Waals surface area contributed by atoms with E-state index in [2.05, 4.69) is 5.32 Å². The first-order chi connectivity index (χ1) is 13.5. The number of rotatable bonds is 6. The Morgan fingerprint density at radius 1 is 0.857 bits per heavy atom. The molecule has 1 atom stereocenters. The Balaban J connectivity index is 1.77. The second-order valence-electron chi connectivity index (χ2n) is 6.69. The summed E-state index contributed by atoms with van der Waals surface area (Å²) < 4.78 is 5.85. The largest absolute Gasteiger partial charge is 0.481 e. The molecule has 142 valence electrons. The van der Waals surface area contributed by atoms with Gasteiger partial charge in [-0.2, -0.15) is 0 Å². The minimum absolute atomic E-state index is 0.139. The standard InChI is InChI=1S/C24H23NO3/c1-16-10-9-15-22(17(16)2)28-18(3)24(27)25-21-14-8-7-13-20(21)23(26)19-11-5-4-6-12-19/h4-15,18H,1-3H3,(H,25,27). The van der Waals surface area contributed by atoms with Crippen molar-refractivity contribution in [2.24, 2.45) is 0 Å². The van der Waals surface area contributed by atoms with Gasteiger partial charge in [-0.05, 0) is 50.1 Å². The Morgan fingerprint density at radius 3 is 2.29 bits per heavy atom. The Kier molecular flexibility index (Phi) is 5.90. The molecule has 4 nitrogen and oxygen atoms in total. The quantitative estimate of drug-likeness (QED) is 0.623. The molecule has 0 aliphatic rings. The lowest BCUT2D eigenvalue weighted by atomic mass is 10.0. The third-order valence-corrected chi connectivity index (χ3v) is 4.69. The van der Waals surface area contributed by atoms with Crippen molar-refractivity contribution < 1.29 is 14.3 Å². The molecular formula is C24H23NO3. The van der Waals surface area contributed by atoms with Crippen molar-refractivity contribution in [3.63, 3.8) is 0 Å². The van der Waals surface area contributed by atoms with E-state index in [1.165, 1.54) is 0 Å². The Labute approximate surface area is 165 Å². The highest BCUT2D eigenvalue weighted by molar-refractivity contribution is 6.14. The molecule has 0 saturated carbocycles. The number of carbonyl (C=O) groups excluding carboxylic acids is 2. The van der Waals surface area contributed by atoms with Crippen LogP contribution in [0.3, 0.4) is 0 Å². The first-order valence-electron chi connectivity index (χ1n) is 9.20. The van der Waals surface area contributed by atoms with Crippen molar-refractivity contribution in [3.05, 3.63) is 95.1 Å². The summed E-state index contributed by atoms with van der Waals surface area (Å²) in [5.74, 6) is 0.227. The highest BCUT2D eigenvalue weighted by Crippen LogP contribution is 2.23. The summed E-state index contributed by atoms with van der Waals surface area (Å²) in [5.41, 5.74) is 3.59. The number of hydrogen-bond acceptors (Lipinski definition) is 3. The molecule has 3 aromatic carbocycles. The monoisotopic (exact) mass is 373 g/mol. The first kappa shape index (κ1) is 19.4. The molecule has 0 radical (unpaired) electrons. The number of hydrogen-bond donors (Lipinski definition) is 1. The van der Waals surface area contributed by atoms with E-state index in [0.717, 1.165) is 11.1 Å². The van der Waals surface area contributed by atoms with Crippen molar-refractivity contribution in [3.8, 4) is 5.75 Å². The lowest BCUT2D eigenvalue weighted by molar-refractivity contribution is -0.122. The summed E-state index contributed by atoms with van der Waals surface area (Å²) in [6, 6.07) is 21.7. The third kappa shape index (κ3) is 4.29. The molecule has 0 aromatic heterocycles. The molecule has 1 unspecified atom stereocenters. The van der Waals surface area contributed by atoms with Crippen molar-refractivity contribution in [1.29, 1.82) is 0 Å². The zero-order valence-electron chi connectivity index (χ0n) is 16.2. The van der Waals surface area contributed by atoms with Gasteiger partial charge in [-0.1, -0.05) is 54.6 Å². The van der Waals surface area contributed by atoms with Crippen LogP contribution in [0.1, 0.15) is 34.0 Å². The summed E-state index contributed by atoms with van der Waals surface area (Å²) in [6.45, 7) is 5.65. The van der Waals surface area contributed by atoms with E-state index >= 15 is 0 Å². The van der Waals surface area contributed by atoms with Gasteiger partial charge in [-0.3, -0.25) is 9.59 Å². The Morgan fingerprint density at radius 2 is 1.54 bits per heavy atom. The minimum atomic E-state index is -0.708. The third-order valence-electron chi connectivity index (χ3n) is 4.69. The van der Waals surface area contributed by atoms with Crippen LogP contribution in [-0.2, 0) is 4.79 Å². The number of anilines is 1. The summed E-state index contributed by atoms with van der Waals surface area (Å²) in [5, 5.41) is 2.83. The fourth-order valence-corrected chi connectivity index (χ4v) is 2.87. The van der Waals surface area contributed by atoms with Crippen LogP contribution >= 0.6 is 0 Å². The van der Waals surface area contributed by atoms with Crippen LogP contribution in [0.15, 0.2) is 72.8 Å². The maximum atomic E-state index is 12.8. The van der Waals surface area contributed by atoms with E-state index in [4.69, 9.17) is 4.74 Å². The highest BCUT2D eigenvalue weighted by Gasteiger charge is 2.19. The van der Waals surface area contributed by atoms with Gasteiger partial charge in [0.2, 0.25) is 0 Å². The maximum Gasteiger partial charge on any atom is 0.265 e. The predicted molar refractivity (Wildman–Crippen MR) is 111 cm³/mol. The lowest BCUT2D eigenvalue weighted by Crippen LogP contribution is -2.31. The van der Waals surface area contributed by atoms with Crippen molar-refractivity contribution in [1.82, 2.24) is 0 Å². The molecule has 3 rings (SSSR count). The molecule has 0 bridgehead atoms. The summed E-state index contributed by atoms with van der Waals surface area (Å²) in [6.07, 6.45) is -0.708. The average Bonchev–Trinajstić information content (AvgIpc) is 2.72. The van der Waals surface area contributed by atoms with Crippen LogP contribution in [0, 0.1) is 13.8 Å². The number of amides is 1. The van der Waals surface area contributed by atoms with Gasteiger partial charge in [0, 0.05) is 11.1 Å². The van der Waals surface area contributed by atoms with E-state index in [9.17, 15) is 9.59 Å². The molecule has 1 N–H and O–H groups in total. The van der Waals surface area contributed by atoms with E-state index in [-0.39, 0.29) is 11.7 Å². The van der Waals surface area contributed by atoms with Crippen molar-refractivity contribution >= 4 is 17.4 Å². The van der Waals surface area contributed by atoms with E-state index in [1.54, 1.807) is 43.3 Å². The van der Waals surface area contributed by atoms with Gasteiger partial charge in [0.05, 0.1) is 5.69 Å². The fourth-order valence-electron chi connectivity index (χ4n) is 2.87. The predicted octanol–water partition coefficient (Wildman–Crippen LogP) is 4.94. The van der Waals surface area contributed by atoms with Gasteiger partial charge in [-0.15, -0.1) is 0 Å². The average molecular weight is 373 g/mol. The van der Waals surface area contributed by atoms with Crippen LogP contribution in [0.25, 0.3) is 0 Å². The number of nitrogens with one attached hydrogen (secondary N) is 1. The smallest absolute Gasteiger partial charge is 0.265 e. The fraction of sp³-hybridized carbons (Fsp3) is 0.167. The molecule has 0 aliphatic heterocycles. The van der Waals surface area contributed by atoms with Crippen LogP contribution < -0.4 is 10.1 Å². The molecule has 0 saturated heterocycles. The molecule has 28 heavy (non-hydrogen) atoms. The maximum absolute atomic E-state index is 12.8. The summed E-state index contributed by atoms with van der Waals surface area (Å²) in [7, 11) is 0. The van der Waals surface area contributed by atoms with Gasteiger partial charge >= 0.3 is 0 Å². The Bertz CT molecular complexity index is 996. The summed E-state index contributed by atoms with van der Waals surface area (Å²) in [4.78, 5) is 25.5. The molecular weight excluding hydrogens is 350 g/mol. The topological polar surface area (TPSA) is 55.4 Å². The molecule has 0 spiro atoms. The second kappa shape index (κ2) is 8.53. The van der Waals surface area contributed by atoms with Gasteiger partial charge < -0.3 is 10.1 Å². The molecule has 4 heteroatoms. The second-order valence-corrected chi connectivity index (χ2v) is 6.69. The SMILES string of the molecule is Cc1cccc(OC(C)C(=O)Nc2ccccc2C(=O)c2ccccc2)c1C. The van der Waals surface area contributed by atoms with Gasteiger partial charge in [0.1, 0.15) is 5.75 Å². The number of ether oxygens (including phenoxy) is 1. The zero-order chi connectivity index (χ0) is 20.1. The van der Waals surface area contributed by atoms with Crippen molar-refractivity contribution in [2.45, 2.75) is 26.9 Å². The lowest BCUT2D eigenvalue weighted by Gasteiger charge is -2.18. The number of para-hydroxylation sites is 1. The summed E-state index contributed by atoms with van der Waals surface area (Å²) >= 11 is 0. The van der Waals surface area contributed by atoms with Gasteiger partial charge in [0.25, 0.3) is 5.91 Å². The molecule has 0 fully saturated rings. The van der Waals surface area contributed by atoms with E-state index in [0.29, 0.717) is 22.6 Å². The highest BCUT2D eigenvalue weighted by atomic mass is 16.5. The minimum Gasteiger partial charge on any atom is -0.481 e. The number of ketones is 1. The number of aryl methyl sites for hydroxylation is 1. The molecule has 0 aliphatic carbocycles. The van der Waals surface area contributed by atoms with Crippen molar-refractivity contribution in [2.75, 3.05) is 5.32 Å².